The van der Waals surface area contributed by atoms with Crippen molar-refractivity contribution < 1.29 is 8.42 Å². The molecule has 3 N–H and O–H groups in total. The van der Waals surface area contributed by atoms with E-state index in [-0.39, 0.29) is 4.90 Å². The Kier molecular flexibility index (Phi) is 5.62. The highest BCUT2D eigenvalue weighted by Gasteiger charge is 2.23. The maximum atomic E-state index is 12.3. The number of rotatable bonds is 6. The molecule has 7 heteroatoms. The predicted octanol–water partition coefficient (Wildman–Crippen LogP) is 1.42. The molecule has 1 saturated heterocycles. The number of hydrogen-bond donors (Lipinski definition) is 2. The highest BCUT2D eigenvalue weighted by atomic mass is 35.5. The summed E-state index contributed by atoms with van der Waals surface area (Å²) in [6.07, 6.45) is 1.03. The lowest BCUT2D eigenvalue weighted by atomic mass is 10.1. The lowest BCUT2D eigenvalue weighted by Gasteiger charge is -2.14. The van der Waals surface area contributed by atoms with Gasteiger partial charge in [0.15, 0.2) is 0 Å². The zero-order chi connectivity index (χ0) is 15.5. The first-order valence-corrected chi connectivity index (χ1v) is 9.03. The molecule has 1 aromatic rings. The summed E-state index contributed by atoms with van der Waals surface area (Å²) in [5, 5.41) is 0.387. The summed E-state index contributed by atoms with van der Waals surface area (Å²) in [5.41, 5.74) is 6.26. The fourth-order valence-electron chi connectivity index (χ4n) is 2.54. The first kappa shape index (κ1) is 16.7. The quantitative estimate of drug-likeness (QED) is 0.826. The zero-order valence-corrected chi connectivity index (χ0v) is 13.8. The molecular formula is C14H22ClN3O2S. The maximum Gasteiger partial charge on any atom is 0.240 e. The van der Waals surface area contributed by atoms with Gasteiger partial charge in [-0.1, -0.05) is 24.6 Å². The van der Waals surface area contributed by atoms with Crippen molar-refractivity contribution in [1.82, 2.24) is 9.62 Å². The van der Waals surface area contributed by atoms with Crippen LogP contribution in [0, 0.1) is 5.92 Å². The van der Waals surface area contributed by atoms with Crippen molar-refractivity contribution in [2.45, 2.75) is 24.8 Å². The normalized spacial score (nSPS) is 20.0. The summed E-state index contributed by atoms with van der Waals surface area (Å²) in [4.78, 5) is 2.52. The minimum Gasteiger partial charge on any atom is -0.326 e. The molecular weight excluding hydrogens is 310 g/mol. The van der Waals surface area contributed by atoms with Gasteiger partial charge in [0.25, 0.3) is 0 Å². The van der Waals surface area contributed by atoms with Gasteiger partial charge in [0.05, 0.1) is 4.90 Å². The van der Waals surface area contributed by atoms with E-state index in [1.54, 1.807) is 12.1 Å². The van der Waals surface area contributed by atoms with Gasteiger partial charge in [0.1, 0.15) is 0 Å². The molecule has 1 fully saturated rings. The summed E-state index contributed by atoms with van der Waals surface area (Å²) in [6, 6.07) is 4.66. The van der Waals surface area contributed by atoms with E-state index in [4.69, 9.17) is 17.3 Å². The lowest BCUT2D eigenvalue weighted by molar-refractivity contribution is 0.342. The number of halogens is 1. The number of sulfonamides is 1. The molecule has 0 spiro atoms. The van der Waals surface area contributed by atoms with E-state index in [0.29, 0.717) is 24.0 Å². The molecule has 0 saturated carbocycles. The molecule has 5 nitrogen and oxygen atoms in total. The molecule has 0 aromatic heterocycles. The molecule has 1 aromatic carbocycles. The Hall–Kier alpha value is -0.660. The highest BCUT2D eigenvalue weighted by Crippen LogP contribution is 2.21. The van der Waals surface area contributed by atoms with Crippen molar-refractivity contribution in [2.75, 3.05) is 26.2 Å². The number of nitrogens with one attached hydrogen (secondary N) is 1. The van der Waals surface area contributed by atoms with Crippen molar-refractivity contribution in [3.05, 3.63) is 28.8 Å². The largest absolute Gasteiger partial charge is 0.326 e. The topological polar surface area (TPSA) is 75.4 Å². The molecule has 0 amide bonds. The van der Waals surface area contributed by atoms with E-state index in [1.165, 1.54) is 6.07 Å². The van der Waals surface area contributed by atoms with Crippen LogP contribution in [-0.2, 0) is 16.6 Å². The summed E-state index contributed by atoms with van der Waals surface area (Å²) >= 11 is 6.02. The minimum absolute atomic E-state index is 0.190. The molecule has 0 bridgehead atoms. The van der Waals surface area contributed by atoms with Gasteiger partial charge in [-0.15, -0.1) is 0 Å². The third-order valence-corrected chi connectivity index (χ3v) is 5.71. The molecule has 1 atom stereocenters. The Morgan fingerprint density at radius 3 is 2.81 bits per heavy atom. The van der Waals surface area contributed by atoms with Gasteiger partial charge in [0.2, 0.25) is 10.0 Å². The van der Waals surface area contributed by atoms with Crippen LogP contribution in [0.15, 0.2) is 23.1 Å². The first-order chi connectivity index (χ1) is 9.96. The van der Waals surface area contributed by atoms with Crippen LogP contribution in [0.3, 0.4) is 0 Å². The smallest absolute Gasteiger partial charge is 0.240 e. The molecule has 1 aliphatic rings. The van der Waals surface area contributed by atoms with Crippen LogP contribution >= 0.6 is 11.6 Å². The molecule has 0 radical (unpaired) electrons. The predicted molar refractivity (Wildman–Crippen MR) is 84.8 cm³/mol. The Balaban J connectivity index is 2.00. The van der Waals surface area contributed by atoms with Gasteiger partial charge >= 0.3 is 0 Å². The molecule has 2 rings (SSSR count). The molecule has 1 heterocycles. The van der Waals surface area contributed by atoms with Gasteiger partial charge in [-0.2, -0.15) is 0 Å². The third-order valence-electron chi connectivity index (χ3n) is 3.93. The third kappa shape index (κ3) is 4.17. The van der Waals surface area contributed by atoms with E-state index >= 15 is 0 Å². The number of benzene rings is 1. The van der Waals surface area contributed by atoms with Crippen LogP contribution in [0.2, 0.25) is 5.02 Å². The van der Waals surface area contributed by atoms with Crippen LogP contribution in [0.4, 0.5) is 0 Å². The van der Waals surface area contributed by atoms with E-state index in [0.717, 1.165) is 31.6 Å². The molecule has 118 valence electrons. The molecule has 21 heavy (non-hydrogen) atoms. The average Bonchev–Trinajstić information content (AvgIpc) is 2.93. The summed E-state index contributed by atoms with van der Waals surface area (Å²) in [5.74, 6) is 0.374. The van der Waals surface area contributed by atoms with Crippen molar-refractivity contribution >= 4 is 21.6 Å². The summed E-state index contributed by atoms with van der Waals surface area (Å²) < 4.78 is 27.2. The minimum atomic E-state index is -3.51. The SMILES string of the molecule is CCN1CCC(CNS(=O)(=O)c2ccc(CN)c(Cl)c2)C1. The number of hydrogen-bond acceptors (Lipinski definition) is 4. The van der Waals surface area contributed by atoms with E-state index in [9.17, 15) is 8.42 Å². The standard InChI is InChI=1S/C14H22ClN3O2S/c1-2-18-6-5-11(10-18)9-17-21(19,20)13-4-3-12(8-16)14(15)7-13/h3-4,7,11,17H,2,5-6,8-10,16H2,1H3. The maximum absolute atomic E-state index is 12.3. The molecule has 1 unspecified atom stereocenters. The van der Waals surface area contributed by atoms with E-state index in [2.05, 4.69) is 16.5 Å². The fourth-order valence-corrected chi connectivity index (χ4v) is 4.00. The highest BCUT2D eigenvalue weighted by molar-refractivity contribution is 7.89. The van der Waals surface area contributed by atoms with E-state index < -0.39 is 10.0 Å². The van der Waals surface area contributed by atoms with Gasteiger partial charge in [-0.3, -0.25) is 0 Å². The molecule has 0 aliphatic carbocycles. The van der Waals surface area contributed by atoms with Crippen molar-refractivity contribution in [2.24, 2.45) is 11.7 Å². The fraction of sp³-hybridized carbons (Fsp3) is 0.571. The molecule has 1 aliphatic heterocycles. The Morgan fingerprint density at radius 2 is 2.24 bits per heavy atom. The Morgan fingerprint density at radius 1 is 1.48 bits per heavy atom. The number of nitrogens with two attached hydrogens (primary N) is 1. The number of likely N-dealkylation sites (tertiary alicyclic amines) is 1. The first-order valence-electron chi connectivity index (χ1n) is 7.16. The van der Waals surface area contributed by atoms with Crippen molar-refractivity contribution in [3.63, 3.8) is 0 Å². The lowest BCUT2D eigenvalue weighted by Crippen LogP contribution is -2.31. The van der Waals surface area contributed by atoms with Crippen LogP contribution in [-0.4, -0.2) is 39.5 Å². The van der Waals surface area contributed by atoms with Crippen LogP contribution in [0.1, 0.15) is 18.9 Å². The van der Waals surface area contributed by atoms with E-state index in [1.807, 2.05) is 0 Å². The Bertz CT molecular complexity index is 592. The van der Waals surface area contributed by atoms with Gasteiger partial charge in [0, 0.05) is 24.7 Å². The second-order valence-corrected chi connectivity index (χ2v) is 7.53. The van der Waals surface area contributed by atoms with Gasteiger partial charge in [-0.05, 0) is 43.1 Å². The van der Waals surface area contributed by atoms with Gasteiger partial charge < -0.3 is 10.6 Å². The van der Waals surface area contributed by atoms with Crippen LogP contribution in [0.25, 0.3) is 0 Å². The second kappa shape index (κ2) is 7.07. The second-order valence-electron chi connectivity index (χ2n) is 5.36. The monoisotopic (exact) mass is 331 g/mol. The number of nitrogens with zero attached hydrogens (tertiary/aromatic N) is 1. The van der Waals surface area contributed by atoms with Crippen LogP contribution < -0.4 is 10.5 Å². The van der Waals surface area contributed by atoms with Crippen LogP contribution in [0.5, 0.6) is 0 Å². The van der Waals surface area contributed by atoms with Crippen molar-refractivity contribution in [1.29, 1.82) is 0 Å². The average molecular weight is 332 g/mol. The van der Waals surface area contributed by atoms with Crippen molar-refractivity contribution in [3.8, 4) is 0 Å². The summed E-state index contributed by atoms with van der Waals surface area (Å²) in [6.45, 7) is 5.88. The van der Waals surface area contributed by atoms with Gasteiger partial charge in [-0.25, -0.2) is 13.1 Å². The Labute approximate surface area is 131 Å². The zero-order valence-electron chi connectivity index (χ0n) is 12.2. The summed E-state index contributed by atoms with van der Waals surface area (Å²) in [7, 11) is -3.51.